The number of hydrogen-bond donors (Lipinski definition) is 4. The van der Waals surface area contributed by atoms with Crippen molar-refractivity contribution in [2.75, 3.05) is 18.9 Å². The SMILES string of the molecule is O=C(O)C(CS)NCCO. The molecule has 0 aliphatic rings. The number of nitrogens with one attached hydrogen (secondary N) is 1. The van der Waals surface area contributed by atoms with Crippen molar-refractivity contribution in [1.29, 1.82) is 0 Å². The average Bonchev–Trinajstić information content (AvgIpc) is 1.89. The van der Waals surface area contributed by atoms with Crippen LogP contribution >= 0.6 is 12.6 Å². The number of carbonyl (C=O) groups is 1. The van der Waals surface area contributed by atoms with Crippen LogP contribution in [0.5, 0.6) is 0 Å². The molecule has 0 aromatic rings. The van der Waals surface area contributed by atoms with E-state index in [2.05, 4.69) is 17.9 Å². The molecule has 10 heavy (non-hydrogen) atoms. The van der Waals surface area contributed by atoms with Gasteiger partial charge < -0.3 is 15.5 Å². The standard InChI is InChI=1S/C5H11NO3S/c7-2-1-6-4(3-10)5(8)9/h4,6-7,10H,1-3H2,(H,8,9). The predicted octanol–water partition coefficient (Wildman–Crippen LogP) is -1.05. The third kappa shape index (κ3) is 3.71. The van der Waals surface area contributed by atoms with Crippen LogP contribution in [0.25, 0.3) is 0 Å². The molecule has 60 valence electrons. The second-order valence-electron chi connectivity index (χ2n) is 1.75. The van der Waals surface area contributed by atoms with Gasteiger partial charge in [-0.05, 0) is 0 Å². The Hall–Kier alpha value is -0.260. The molecular formula is C5H11NO3S. The number of aliphatic carboxylic acids is 1. The first-order valence-corrected chi connectivity index (χ1v) is 3.53. The lowest BCUT2D eigenvalue weighted by Crippen LogP contribution is -2.39. The first-order chi connectivity index (χ1) is 4.72. The highest BCUT2D eigenvalue weighted by Crippen LogP contribution is 1.86. The Morgan fingerprint density at radius 3 is 2.60 bits per heavy atom. The van der Waals surface area contributed by atoms with Gasteiger partial charge in [0.25, 0.3) is 0 Å². The molecule has 3 N–H and O–H groups in total. The van der Waals surface area contributed by atoms with E-state index in [1.165, 1.54) is 0 Å². The number of aliphatic hydroxyl groups excluding tert-OH is 1. The number of thiol groups is 1. The molecule has 0 aromatic heterocycles. The van der Waals surface area contributed by atoms with Crippen LogP contribution in [0, 0.1) is 0 Å². The van der Waals surface area contributed by atoms with E-state index in [1.807, 2.05) is 0 Å². The molecule has 0 aliphatic carbocycles. The first-order valence-electron chi connectivity index (χ1n) is 2.90. The highest BCUT2D eigenvalue weighted by atomic mass is 32.1. The fraction of sp³-hybridized carbons (Fsp3) is 0.800. The minimum absolute atomic E-state index is 0.0580. The molecule has 5 heteroatoms. The maximum Gasteiger partial charge on any atom is 0.321 e. The zero-order valence-electron chi connectivity index (χ0n) is 5.45. The summed E-state index contributed by atoms with van der Waals surface area (Å²) < 4.78 is 0. The summed E-state index contributed by atoms with van der Waals surface area (Å²) in [7, 11) is 0. The molecule has 0 aliphatic heterocycles. The van der Waals surface area contributed by atoms with Crippen LogP contribution in [0.4, 0.5) is 0 Å². The molecule has 1 atom stereocenters. The van der Waals surface area contributed by atoms with Crippen molar-refractivity contribution in [2.45, 2.75) is 6.04 Å². The Morgan fingerprint density at radius 1 is 1.70 bits per heavy atom. The molecule has 0 bridgehead atoms. The monoisotopic (exact) mass is 165 g/mol. The molecule has 4 nitrogen and oxygen atoms in total. The van der Waals surface area contributed by atoms with E-state index >= 15 is 0 Å². The third-order valence-corrected chi connectivity index (χ3v) is 1.35. The summed E-state index contributed by atoms with van der Waals surface area (Å²) >= 11 is 3.80. The van der Waals surface area contributed by atoms with Gasteiger partial charge in [-0.25, -0.2) is 0 Å². The lowest BCUT2D eigenvalue weighted by atomic mass is 10.3. The van der Waals surface area contributed by atoms with Crippen LogP contribution < -0.4 is 5.32 Å². The molecule has 0 saturated heterocycles. The van der Waals surface area contributed by atoms with Gasteiger partial charge in [-0.2, -0.15) is 12.6 Å². The van der Waals surface area contributed by atoms with Crippen molar-refractivity contribution < 1.29 is 15.0 Å². The molecule has 0 spiro atoms. The van der Waals surface area contributed by atoms with Crippen LogP contribution in [0.2, 0.25) is 0 Å². The number of hydrogen-bond acceptors (Lipinski definition) is 4. The van der Waals surface area contributed by atoms with Crippen molar-refractivity contribution in [1.82, 2.24) is 5.32 Å². The molecule has 0 fully saturated rings. The van der Waals surface area contributed by atoms with Crippen LogP contribution in [-0.4, -0.2) is 41.1 Å². The van der Waals surface area contributed by atoms with Gasteiger partial charge in [0.2, 0.25) is 0 Å². The Morgan fingerprint density at radius 2 is 2.30 bits per heavy atom. The molecular weight excluding hydrogens is 154 g/mol. The van der Waals surface area contributed by atoms with Gasteiger partial charge in [0.15, 0.2) is 0 Å². The summed E-state index contributed by atoms with van der Waals surface area (Å²) in [5, 5.41) is 19.3. The Labute approximate surface area is 64.7 Å². The summed E-state index contributed by atoms with van der Waals surface area (Å²) in [5.74, 6) is -0.710. The topological polar surface area (TPSA) is 69.6 Å². The summed E-state index contributed by atoms with van der Waals surface area (Å²) in [6.07, 6.45) is 0. The number of carboxylic acid groups (broad SMARTS) is 1. The van der Waals surface area contributed by atoms with Gasteiger partial charge in [-0.1, -0.05) is 0 Å². The van der Waals surface area contributed by atoms with Gasteiger partial charge in [0.1, 0.15) is 6.04 Å². The fourth-order valence-electron chi connectivity index (χ4n) is 0.469. The van der Waals surface area contributed by atoms with E-state index < -0.39 is 12.0 Å². The largest absolute Gasteiger partial charge is 0.480 e. The zero-order chi connectivity index (χ0) is 7.98. The summed E-state index contributed by atoms with van der Waals surface area (Å²) in [4.78, 5) is 10.2. The third-order valence-electron chi connectivity index (χ3n) is 0.983. The molecule has 1 unspecified atom stereocenters. The van der Waals surface area contributed by atoms with Crippen LogP contribution in [-0.2, 0) is 4.79 Å². The van der Waals surface area contributed by atoms with Crippen LogP contribution in [0.3, 0.4) is 0 Å². The van der Waals surface area contributed by atoms with E-state index in [-0.39, 0.29) is 18.9 Å². The van der Waals surface area contributed by atoms with Gasteiger partial charge in [0, 0.05) is 12.3 Å². The second kappa shape index (κ2) is 5.52. The second-order valence-corrected chi connectivity index (χ2v) is 2.12. The van der Waals surface area contributed by atoms with Gasteiger partial charge >= 0.3 is 5.97 Å². The van der Waals surface area contributed by atoms with Gasteiger partial charge in [-0.3, -0.25) is 4.79 Å². The highest BCUT2D eigenvalue weighted by Gasteiger charge is 2.12. The van der Waals surface area contributed by atoms with E-state index in [0.29, 0.717) is 0 Å². The molecule has 0 amide bonds. The number of carboxylic acids is 1. The smallest absolute Gasteiger partial charge is 0.321 e. The maximum absolute atomic E-state index is 10.2. The molecule has 0 rings (SSSR count). The molecule has 0 saturated carbocycles. The average molecular weight is 165 g/mol. The summed E-state index contributed by atoms with van der Waals surface area (Å²) in [5.41, 5.74) is 0. The fourth-order valence-corrected chi connectivity index (χ4v) is 0.754. The van der Waals surface area contributed by atoms with E-state index in [9.17, 15) is 4.79 Å². The quantitative estimate of drug-likeness (QED) is 0.392. The number of rotatable bonds is 5. The first kappa shape index (κ1) is 9.74. The molecule has 0 aromatic carbocycles. The Kier molecular flexibility index (Phi) is 5.38. The van der Waals surface area contributed by atoms with Gasteiger partial charge in [-0.15, -0.1) is 0 Å². The van der Waals surface area contributed by atoms with Crippen molar-refractivity contribution in [2.24, 2.45) is 0 Å². The Balaban J connectivity index is 3.50. The van der Waals surface area contributed by atoms with Crippen molar-refractivity contribution in [3.05, 3.63) is 0 Å². The summed E-state index contributed by atoms with van der Waals surface area (Å²) in [6.45, 7) is 0.231. The lowest BCUT2D eigenvalue weighted by molar-refractivity contribution is -0.138. The van der Waals surface area contributed by atoms with Gasteiger partial charge in [0.05, 0.1) is 6.61 Å². The van der Waals surface area contributed by atoms with E-state index in [4.69, 9.17) is 10.2 Å². The Bertz CT molecular complexity index is 109. The summed E-state index contributed by atoms with van der Waals surface area (Å²) in [6, 6.07) is -0.657. The van der Waals surface area contributed by atoms with Crippen molar-refractivity contribution in [3.63, 3.8) is 0 Å². The molecule has 0 heterocycles. The maximum atomic E-state index is 10.2. The zero-order valence-corrected chi connectivity index (χ0v) is 6.34. The normalized spacial score (nSPS) is 13.0. The predicted molar refractivity (Wildman–Crippen MR) is 40.4 cm³/mol. The van der Waals surface area contributed by atoms with Crippen LogP contribution in [0.15, 0.2) is 0 Å². The highest BCUT2D eigenvalue weighted by molar-refractivity contribution is 7.80. The van der Waals surface area contributed by atoms with E-state index in [0.717, 1.165) is 0 Å². The minimum Gasteiger partial charge on any atom is -0.480 e. The van der Waals surface area contributed by atoms with E-state index in [1.54, 1.807) is 0 Å². The number of aliphatic hydroxyl groups is 1. The lowest BCUT2D eigenvalue weighted by Gasteiger charge is -2.09. The van der Waals surface area contributed by atoms with Crippen molar-refractivity contribution >= 4 is 18.6 Å². The van der Waals surface area contributed by atoms with Crippen molar-refractivity contribution in [3.8, 4) is 0 Å². The minimum atomic E-state index is -0.941. The van der Waals surface area contributed by atoms with Crippen LogP contribution in [0.1, 0.15) is 0 Å². The molecule has 0 radical (unpaired) electrons.